The van der Waals surface area contributed by atoms with Crippen LogP contribution in [0, 0.1) is 12.8 Å². The van der Waals surface area contributed by atoms with E-state index in [0.717, 1.165) is 36.9 Å². The van der Waals surface area contributed by atoms with Crippen molar-refractivity contribution in [3.8, 4) is 5.75 Å². The summed E-state index contributed by atoms with van der Waals surface area (Å²) in [5.74, 6) is 0.960. The Balaban J connectivity index is 1.64. The number of amides is 2. The number of carbonyl (C=O) groups excluding carboxylic acids is 2. The number of rotatable bonds is 6. The fourth-order valence-electron chi connectivity index (χ4n) is 4.11. The number of aryl methyl sites for hydroxylation is 1. The Hall–Kier alpha value is -2.82. The molecule has 1 atom stereocenters. The molecule has 2 aromatic rings. The third-order valence-electron chi connectivity index (χ3n) is 5.77. The van der Waals surface area contributed by atoms with Crippen molar-refractivity contribution in [2.45, 2.75) is 52.1 Å². The maximum atomic E-state index is 13.1. The Kier molecular flexibility index (Phi) is 5.80. The lowest BCUT2D eigenvalue weighted by Gasteiger charge is -2.38. The molecule has 5 heteroatoms. The number of nitrogens with zero attached hydrogens (tertiary/aromatic N) is 1. The Morgan fingerprint density at radius 2 is 1.87 bits per heavy atom. The van der Waals surface area contributed by atoms with Crippen molar-refractivity contribution in [1.29, 1.82) is 0 Å². The average molecular weight is 407 g/mol. The zero-order chi connectivity index (χ0) is 21.3. The van der Waals surface area contributed by atoms with Crippen molar-refractivity contribution in [3.05, 3.63) is 64.7 Å². The Morgan fingerprint density at radius 1 is 1.13 bits per heavy atom. The number of hydrogen-bond acceptors (Lipinski definition) is 3. The number of ether oxygens (including phenoxy) is 1. The van der Waals surface area contributed by atoms with Gasteiger partial charge in [0.05, 0.1) is 6.04 Å². The molecule has 1 fully saturated rings. The maximum absolute atomic E-state index is 13.1. The molecule has 4 rings (SSSR count). The summed E-state index contributed by atoms with van der Waals surface area (Å²) in [5.41, 5.74) is 4.65. The number of benzene rings is 2. The van der Waals surface area contributed by atoms with Gasteiger partial charge in [-0.05, 0) is 68.9 Å². The molecule has 0 spiro atoms. The number of carbonyl (C=O) groups is 2. The van der Waals surface area contributed by atoms with E-state index >= 15 is 0 Å². The van der Waals surface area contributed by atoms with Crippen LogP contribution in [0.2, 0.25) is 0 Å². The lowest BCUT2D eigenvalue weighted by atomic mass is 9.87. The highest BCUT2D eigenvalue weighted by molar-refractivity contribution is 5.82. The van der Waals surface area contributed by atoms with Gasteiger partial charge in [-0.2, -0.15) is 0 Å². The second kappa shape index (κ2) is 8.50. The van der Waals surface area contributed by atoms with Crippen molar-refractivity contribution >= 4 is 11.8 Å². The lowest BCUT2D eigenvalue weighted by Crippen LogP contribution is -2.41. The van der Waals surface area contributed by atoms with Gasteiger partial charge in [-0.15, -0.1) is 0 Å². The van der Waals surface area contributed by atoms with Gasteiger partial charge < -0.3 is 15.0 Å². The normalized spacial score (nSPS) is 18.1. The van der Waals surface area contributed by atoms with Crippen molar-refractivity contribution < 1.29 is 14.3 Å². The summed E-state index contributed by atoms with van der Waals surface area (Å²) in [6.07, 6.45) is 2.83. The van der Waals surface area contributed by atoms with Gasteiger partial charge in [-0.25, -0.2) is 0 Å². The molecule has 0 bridgehead atoms. The lowest BCUT2D eigenvalue weighted by molar-refractivity contribution is -0.134. The van der Waals surface area contributed by atoms with Crippen LogP contribution < -0.4 is 10.1 Å². The van der Waals surface area contributed by atoms with Crippen LogP contribution in [0.5, 0.6) is 5.75 Å². The summed E-state index contributed by atoms with van der Waals surface area (Å²) in [7, 11) is 0. The molecule has 158 valence electrons. The van der Waals surface area contributed by atoms with Crippen LogP contribution in [0.15, 0.2) is 42.5 Å². The summed E-state index contributed by atoms with van der Waals surface area (Å²) in [4.78, 5) is 27.1. The van der Waals surface area contributed by atoms with Crippen LogP contribution in [0.25, 0.3) is 0 Å². The van der Waals surface area contributed by atoms with E-state index in [0.29, 0.717) is 5.75 Å². The van der Waals surface area contributed by atoms with Gasteiger partial charge in [0.15, 0.2) is 6.61 Å². The van der Waals surface area contributed by atoms with Crippen LogP contribution in [-0.2, 0) is 16.0 Å². The standard InChI is InChI=1S/C25H30N2O3/c1-16(2)26-23(28)15-30-21-11-10-18-12-13-27(25(29)20-8-9-20)24(22(18)14-21)19-6-4-17(3)5-7-19/h4-7,10-11,14,16,20,24H,8-9,12-13,15H2,1-3H3,(H,26,28). The molecule has 1 heterocycles. The van der Waals surface area contributed by atoms with E-state index in [1.807, 2.05) is 30.9 Å². The maximum Gasteiger partial charge on any atom is 0.258 e. The van der Waals surface area contributed by atoms with E-state index in [2.05, 4.69) is 42.6 Å². The van der Waals surface area contributed by atoms with E-state index in [9.17, 15) is 9.59 Å². The van der Waals surface area contributed by atoms with Crippen LogP contribution in [0.4, 0.5) is 0 Å². The number of hydrogen-bond donors (Lipinski definition) is 1. The van der Waals surface area contributed by atoms with Gasteiger partial charge in [0.1, 0.15) is 5.75 Å². The van der Waals surface area contributed by atoms with Gasteiger partial charge in [0.2, 0.25) is 5.91 Å². The molecule has 2 aromatic carbocycles. The van der Waals surface area contributed by atoms with E-state index < -0.39 is 0 Å². The molecule has 0 aromatic heterocycles. The van der Waals surface area contributed by atoms with Gasteiger partial charge in [0.25, 0.3) is 5.91 Å². The van der Waals surface area contributed by atoms with Crippen molar-refractivity contribution in [1.82, 2.24) is 10.2 Å². The summed E-state index contributed by atoms with van der Waals surface area (Å²) < 4.78 is 5.78. The fourth-order valence-corrected chi connectivity index (χ4v) is 4.11. The molecular formula is C25H30N2O3. The highest BCUT2D eigenvalue weighted by Crippen LogP contribution is 2.41. The highest BCUT2D eigenvalue weighted by Gasteiger charge is 2.39. The monoisotopic (exact) mass is 406 g/mol. The molecule has 2 amide bonds. The molecule has 2 aliphatic rings. The van der Waals surface area contributed by atoms with E-state index in [-0.39, 0.29) is 36.4 Å². The molecule has 1 aliphatic heterocycles. The zero-order valence-corrected chi connectivity index (χ0v) is 18.0. The van der Waals surface area contributed by atoms with Crippen molar-refractivity contribution in [3.63, 3.8) is 0 Å². The predicted octanol–water partition coefficient (Wildman–Crippen LogP) is 3.78. The Bertz CT molecular complexity index is 932. The van der Waals surface area contributed by atoms with Gasteiger partial charge in [0, 0.05) is 18.5 Å². The van der Waals surface area contributed by atoms with E-state index in [4.69, 9.17) is 4.74 Å². The molecule has 1 unspecified atom stereocenters. The smallest absolute Gasteiger partial charge is 0.258 e. The van der Waals surface area contributed by atoms with Crippen molar-refractivity contribution in [2.75, 3.05) is 13.2 Å². The largest absolute Gasteiger partial charge is 0.484 e. The molecule has 5 nitrogen and oxygen atoms in total. The van der Waals surface area contributed by atoms with E-state index in [1.54, 1.807) is 0 Å². The van der Waals surface area contributed by atoms with Crippen molar-refractivity contribution in [2.24, 2.45) is 5.92 Å². The summed E-state index contributed by atoms with van der Waals surface area (Å²) >= 11 is 0. The van der Waals surface area contributed by atoms with E-state index in [1.165, 1.54) is 11.1 Å². The number of nitrogens with one attached hydrogen (secondary N) is 1. The first-order chi connectivity index (χ1) is 14.4. The van der Waals surface area contributed by atoms with Gasteiger partial charge in [-0.1, -0.05) is 35.9 Å². The topological polar surface area (TPSA) is 58.6 Å². The second-order valence-electron chi connectivity index (χ2n) is 8.74. The number of fused-ring (bicyclic) bond motifs is 1. The zero-order valence-electron chi connectivity index (χ0n) is 18.0. The average Bonchev–Trinajstić information content (AvgIpc) is 3.56. The highest BCUT2D eigenvalue weighted by atomic mass is 16.5. The molecule has 30 heavy (non-hydrogen) atoms. The summed E-state index contributed by atoms with van der Waals surface area (Å²) in [5, 5.41) is 2.84. The second-order valence-corrected chi connectivity index (χ2v) is 8.74. The van der Waals surface area contributed by atoms with Gasteiger partial charge >= 0.3 is 0 Å². The molecule has 1 N–H and O–H groups in total. The molecule has 1 aliphatic carbocycles. The molecular weight excluding hydrogens is 376 g/mol. The van der Waals surface area contributed by atoms with Crippen LogP contribution in [0.3, 0.4) is 0 Å². The van der Waals surface area contributed by atoms with Crippen LogP contribution in [-0.4, -0.2) is 35.9 Å². The SMILES string of the molecule is Cc1ccc(C2c3cc(OCC(=O)NC(C)C)ccc3CCN2C(=O)C2CC2)cc1. The minimum atomic E-state index is -0.136. The first kappa shape index (κ1) is 20.5. The fraction of sp³-hybridized carbons (Fsp3) is 0.440. The minimum absolute atomic E-state index is 0.0170. The molecule has 0 radical (unpaired) electrons. The third-order valence-corrected chi connectivity index (χ3v) is 5.77. The minimum Gasteiger partial charge on any atom is -0.484 e. The first-order valence-corrected chi connectivity index (χ1v) is 10.8. The van der Waals surface area contributed by atoms with Crippen LogP contribution in [0.1, 0.15) is 55.0 Å². The van der Waals surface area contributed by atoms with Gasteiger partial charge in [-0.3, -0.25) is 9.59 Å². The molecule has 0 saturated heterocycles. The third kappa shape index (κ3) is 4.50. The van der Waals surface area contributed by atoms with Crippen LogP contribution >= 0.6 is 0 Å². The first-order valence-electron chi connectivity index (χ1n) is 10.8. The molecule has 1 saturated carbocycles. The summed E-state index contributed by atoms with van der Waals surface area (Å²) in [6.45, 7) is 6.64. The quantitative estimate of drug-likeness (QED) is 0.794. The summed E-state index contributed by atoms with van der Waals surface area (Å²) in [6, 6.07) is 14.4. The Morgan fingerprint density at radius 3 is 2.53 bits per heavy atom. The Labute approximate surface area is 178 Å². The predicted molar refractivity (Wildman–Crippen MR) is 116 cm³/mol.